The topological polar surface area (TPSA) is 39.1 Å². The summed E-state index contributed by atoms with van der Waals surface area (Å²) < 4.78 is 7.98. The molecule has 1 unspecified atom stereocenters. The van der Waals surface area contributed by atoms with Gasteiger partial charge in [-0.1, -0.05) is 11.6 Å². The zero-order valence-corrected chi connectivity index (χ0v) is 13.3. The quantitative estimate of drug-likeness (QED) is 0.910. The molecule has 2 rings (SSSR count). The summed E-state index contributed by atoms with van der Waals surface area (Å²) in [6, 6.07) is 3.76. The lowest BCUT2D eigenvalue weighted by atomic mass is 10.1. The molecule has 0 saturated carbocycles. The molecule has 2 aromatic rings. The number of methoxy groups -OCH3 is 1. The average Bonchev–Trinajstić information content (AvgIpc) is 2.75. The molecule has 1 aromatic heterocycles. The average molecular weight is 345 g/mol. The third-order valence-electron chi connectivity index (χ3n) is 2.81. The second-order valence-corrected chi connectivity index (χ2v) is 5.57. The second kappa shape index (κ2) is 5.84. The molecule has 6 heteroatoms. The van der Waals surface area contributed by atoms with Gasteiger partial charge in [0.2, 0.25) is 0 Å². The molecule has 1 N–H and O–H groups in total. The summed E-state index contributed by atoms with van der Waals surface area (Å²) in [4.78, 5) is 0. The van der Waals surface area contributed by atoms with Crippen molar-refractivity contribution in [1.82, 2.24) is 9.78 Å². The fraction of sp³-hybridized carbons (Fsp3) is 0.308. The van der Waals surface area contributed by atoms with Gasteiger partial charge in [-0.3, -0.25) is 4.68 Å². The molecule has 0 spiro atoms. The van der Waals surface area contributed by atoms with Gasteiger partial charge in [0.05, 0.1) is 29.5 Å². The van der Waals surface area contributed by atoms with Gasteiger partial charge in [0.15, 0.2) is 5.75 Å². The van der Waals surface area contributed by atoms with Crippen molar-refractivity contribution in [2.24, 2.45) is 7.05 Å². The molecule has 1 heterocycles. The number of nitrogens with zero attached hydrogens (tertiary/aromatic N) is 2. The van der Waals surface area contributed by atoms with E-state index in [1.54, 1.807) is 17.9 Å². The lowest BCUT2D eigenvalue weighted by molar-refractivity contribution is 0.413. The van der Waals surface area contributed by atoms with Crippen LogP contribution in [0.1, 0.15) is 18.5 Å². The molecule has 0 aliphatic heterocycles. The Morgan fingerprint density at radius 1 is 1.47 bits per heavy atom. The molecule has 19 heavy (non-hydrogen) atoms. The summed E-state index contributed by atoms with van der Waals surface area (Å²) in [5.74, 6) is 0.736. The van der Waals surface area contributed by atoms with Crippen LogP contribution in [0.5, 0.6) is 5.75 Å². The van der Waals surface area contributed by atoms with Crippen LogP contribution in [0.25, 0.3) is 0 Å². The van der Waals surface area contributed by atoms with Crippen molar-refractivity contribution in [3.63, 3.8) is 0 Å². The van der Waals surface area contributed by atoms with E-state index in [2.05, 4.69) is 33.3 Å². The lowest BCUT2D eigenvalue weighted by Crippen LogP contribution is -2.07. The smallest absolute Gasteiger partial charge is 0.156 e. The van der Waals surface area contributed by atoms with E-state index in [-0.39, 0.29) is 6.04 Å². The fourth-order valence-corrected chi connectivity index (χ4v) is 2.83. The van der Waals surface area contributed by atoms with Crippen LogP contribution in [0.2, 0.25) is 5.02 Å². The highest BCUT2D eigenvalue weighted by Gasteiger charge is 2.13. The van der Waals surface area contributed by atoms with E-state index < -0.39 is 0 Å². The number of nitrogens with one attached hydrogen (secondary N) is 1. The number of hydrogen-bond acceptors (Lipinski definition) is 3. The Hall–Kier alpha value is -1.20. The van der Waals surface area contributed by atoms with Crippen LogP contribution in [0.3, 0.4) is 0 Å². The molecule has 1 atom stereocenters. The van der Waals surface area contributed by atoms with Crippen molar-refractivity contribution in [3.8, 4) is 5.75 Å². The molecule has 0 aliphatic carbocycles. The van der Waals surface area contributed by atoms with Crippen LogP contribution in [-0.2, 0) is 7.05 Å². The summed E-state index contributed by atoms with van der Waals surface area (Å²) in [6.07, 6.45) is 3.81. The lowest BCUT2D eigenvalue weighted by Gasteiger charge is -2.17. The standard InChI is InChI=1S/C13H15BrClN3O/c1-8(9-6-16-18(2)7-9)17-12-5-10(15)4-11(14)13(12)19-3/h4-8,17H,1-3H3. The first-order valence-corrected chi connectivity index (χ1v) is 6.96. The minimum Gasteiger partial charge on any atom is -0.493 e. The first-order valence-electron chi connectivity index (χ1n) is 5.79. The highest BCUT2D eigenvalue weighted by atomic mass is 79.9. The number of hydrogen-bond donors (Lipinski definition) is 1. The Morgan fingerprint density at radius 3 is 2.79 bits per heavy atom. The number of rotatable bonds is 4. The van der Waals surface area contributed by atoms with Gasteiger partial charge in [-0.2, -0.15) is 5.10 Å². The molecule has 0 aliphatic rings. The Balaban J connectivity index is 2.27. The predicted molar refractivity (Wildman–Crippen MR) is 80.9 cm³/mol. The minimum absolute atomic E-state index is 0.105. The van der Waals surface area contributed by atoms with E-state index >= 15 is 0 Å². The van der Waals surface area contributed by atoms with Crippen LogP contribution in [-0.4, -0.2) is 16.9 Å². The molecule has 0 bridgehead atoms. The molecule has 0 saturated heterocycles. The largest absolute Gasteiger partial charge is 0.493 e. The third-order valence-corrected chi connectivity index (χ3v) is 3.62. The van der Waals surface area contributed by atoms with E-state index in [0.717, 1.165) is 21.5 Å². The van der Waals surface area contributed by atoms with Gasteiger partial charge >= 0.3 is 0 Å². The first-order chi connectivity index (χ1) is 9.01. The molecular weight excluding hydrogens is 330 g/mol. The number of aryl methyl sites for hydroxylation is 1. The molecular formula is C13H15BrClN3O. The maximum atomic E-state index is 6.07. The zero-order chi connectivity index (χ0) is 14.0. The van der Waals surface area contributed by atoms with Crippen molar-refractivity contribution in [3.05, 3.63) is 39.6 Å². The SMILES string of the molecule is COc1c(Br)cc(Cl)cc1NC(C)c1cnn(C)c1. The summed E-state index contributed by atoms with van der Waals surface area (Å²) in [5, 5.41) is 8.19. The van der Waals surface area contributed by atoms with Crippen LogP contribution in [0.15, 0.2) is 29.0 Å². The van der Waals surface area contributed by atoms with Gasteiger partial charge < -0.3 is 10.1 Å². The van der Waals surface area contributed by atoms with E-state index in [9.17, 15) is 0 Å². The Bertz CT molecular complexity index is 585. The third kappa shape index (κ3) is 3.22. The van der Waals surface area contributed by atoms with Crippen molar-refractivity contribution < 1.29 is 4.74 Å². The molecule has 4 nitrogen and oxygen atoms in total. The molecule has 0 amide bonds. The molecule has 0 fully saturated rings. The first kappa shape index (κ1) is 14.2. The highest BCUT2D eigenvalue weighted by Crippen LogP contribution is 2.37. The van der Waals surface area contributed by atoms with Crippen molar-refractivity contribution in [2.75, 3.05) is 12.4 Å². The van der Waals surface area contributed by atoms with Gasteiger partial charge in [-0.05, 0) is 35.0 Å². The van der Waals surface area contributed by atoms with Gasteiger partial charge in [0.1, 0.15) is 0 Å². The highest BCUT2D eigenvalue weighted by molar-refractivity contribution is 9.10. The Kier molecular flexibility index (Phi) is 4.37. The van der Waals surface area contributed by atoms with Crippen LogP contribution in [0, 0.1) is 0 Å². The number of anilines is 1. The summed E-state index contributed by atoms with van der Waals surface area (Å²) in [6.45, 7) is 2.06. The number of ether oxygens (including phenoxy) is 1. The molecule has 102 valence electrons. The van der Waals surface area contributed by atoms with E-state index in [4.69, 9.17) is 16.3 Å². The monoisotopic (exact) mass is 343 g/mol. The maximum absolute atomic E-state index is 6.07. The normalized spacial score (nSPS) is 12.3. The van der Waals surface area contributed by atoms with Gasteiger partial charge in [-0.25, -0.2) is 0 Å². The number of benzene rings is 1. The van der Waals surface area contributed by atoms with Crippen LogP contribution < -0.4 is 10.1 Å². The maximum Gasteiger partial charge on any atom is 0.156 e. The zero-order valence-electron chi connectivity index (χ0n) is 10.9. The van der Waals surface area contributed by atoms with E-state index in [1.807, 2.05) is 25.5 Å². The minimum atomic E-state index is 0.105. The van der Waals surface area contributed by atoms with E-state index in [1.165, 1.54) is 0 Å². The predicted octanol–water partition coefficient (Wildman–Crippen LogP) is 4.02. The van der Waals surface area contributed by atoms with Crippen LogP contribution >= 0.6 is 27.5 Å². The van der Waals surface area contributed by atoms with Crippen molar-refractivity contribution in [2.45, 2.75) is 13.0 Å². The van der Waals surface area contributed by atoms with Crippen LogP contribution in [0.4, 0.5) is 5.69 Å². The van der Waals surface area contributed by atoms with Gasteiger partial charge in [-0.15, -0.1) is 0 Å². The summed E-state index contributed by atoms with van der Waals surface area (Å²) >= 11 is 9.51. The second-order valence-electron chi connectivity index (χ2n) is 4.28. The van der Waals surface area contributed by atoms with Crippen molar-refractivity contribution >= 4 is 33.2 Å². The summed E-state index contributed by atoms with van der Waals surface area (Å²) in [7, 11) is 3.53. The Labute approximate surface area is 125 Å². The van der Waals surface area contributed by atoms with Gasteiger partial charge in [0.25, 0.3) is 0 Å². The fourth-order valence-electron chi connectivity index (χ4n) is 1.86. The van der Waals surface area contributed by atoms with Gasteiger partial charge in [0, 0.05) is 23.8 Å². The Morgan fingerprint density at radius 2 is 2.21 bits per heavy atom. The molecule has 1 aromatic carbocycles. The summed E-state index contributed by atoms with van der Waals surface area (Å²) in [5.41, 5.74) is 1.94. The van der Waals surface area contributed by atoms with Crippen molar-refractivity contribution in [1.29, 1.82) is 0 Å². The molecule has 0 radical (unpaired) electrons. The van der Waals surface area contributed by atoms with E-state index in [0.29, 0.717) is 5.02 Å². The number of halogens is 2. The number of aromatic nitrogens is 2.